The maximum Gasteiger partial charge on any atom is 0.188 e. The molecule has 2 nitrogen and oxygen atoms in total. The van der Waals surface area contributed by atoms with Crippen molar-refractivity contribution < 1.29 is 9.53 Å². The van der Waals surface area contributed by atoms with Crippen LogP contribution in [0.3, 0.4) is 0 Å². The molecular weight excluding hydrogens is 212 g/mol. The Morgan fingerprint density at radius 1 is 1.18 bits per heavy atom. The lowest BCUT2D eigenvalue weighted by Gasteiger charge is -2.17. The van der Waals surface area contributed by atoms with Crippen molar-refractivity contribution in [2.75, 3.05) is 13.2 Å². The van der Waals surface area contributed by atoms with E-state index in [2.05, 4.69) is 20.8 Å². The molecule has 0 radical (unpaired) electrons. The Bertz CT molecular complexity index is 358. The molecule has 1 aromatic rings. The summed E-state index contributed by atoms with van der Waals surface area (Å²) in [4.78, 5) is 11.8. The fourth-order valence-corrected chi connectivity index (χ4v) is 1.37. The van der Waals surface area contributed by atoms with E-state index in [0.29, 0.717) is 6.61 Å². The second kappa shape index (κ2) is 5.97. The largest absolute Gasteiger partial charge is 0.373 e. The van der Waals surface area contributed by atoms with Gasteiger partial charge in [0.1, 0.15) is 6.61 Å². The molecular formula is C15H22O2. The normalized spacial score (nSPS) is 11.5. The molecule has 0 aromatic heterocycles. The van der Waals surface area contributed by atoms with Crippen LogP contribution < -0.4 is 0 Å². The van der Waals surface area contributed by atoms with E-state index in [0.717, 1.165) is 17.5 Å². The van der Waals surface area contributed by atoms with E-state index in [-0.39, 0.29) is 17.8 Å². The molecule has 0 bridgehead atoms. The molecule has 0 amide bonds. The Kier molecular flexibility index (Phi) is 4.88. The Morgan fingerprint density at radius 3 is 2.29 bits per heavy atom. The van der Waals surface area contributed by atoms with Crippen molar-refractivity contribution in [3.8, 4) is 0 Å². The van der Waals surface area contributed by atoms with Crippen molar-refractivity contribution in [2.24, 2.45) is 5.41 Å². The summed E-state index contributed by atoms with van der Waals surface area (Å²) in [5, 5.41) is 0. The van der Waals surface area contributed by atoms with E-state index in [9.17, 15) is 4.79 Å². The maximum absolute atomic E-state index is 11.8. The van der Waals surface area contributed by atoms with Gasteiger partial charge in [-0.2, -0.15) is 0 Å². The zero-order valence-corrected chi connectivity index (χ0v) is 11.2. The fourth-order valence-electron chi connectivity index (χ4n) is 1.37. The smallest absolute Gasteiger partial charge is 0.188 e. The predicted molar refractivity (Wildman–Crippen MR) is 70.4 cm³/mol. The van der Waals surface area contributed by atoms with Gasteiger partial charge in [-0.15, -0.1) is 0 Å². The Balaban J connectivity index is 2.33. The van der Waals surface area contributed by atoms with Gasteiger partial charge in [-0.1, -0.05) is 50.6 Å². The summed E-state index contributed by atoms with van der Waals surface area (Å²) in [5.74, 6) is 0.0545. The number of rotatable bonds is 5. The maximum atomic E-state index is 11.8. The first-order chi connectivity index (χ1) is 7.88. The van der Waals surface area contributed by atoms with Crippen molar-refractivity contribution in [1.82, 2.24) is 0 Å². The van der Waals surface area contributed by atoms with Crippen LogP contribution in [0.25, 0.3) is 0 Å². The molecule has 94 valence electrons. The topological polar surface area (TPSA) is 26.3 Å². The van der Waals surface area contributed by atoms with Crippen molar-refractivity contribution >= 4 is 5.78 Å². The van der Waals surface area contributed by atoms with Gasteiger partial charge >= 0.3 is 0 Å². The Labute approximate surface area is 104 Å². The number of aryl methyl sites for hydroxylation is 1. The second-order valence-electron chi connectivity index (χ2n) is 5.65. The molecule has 0 heterocycles. The SMILES string of the molecule is Cc1ccc(C(=O)COCCC(C)(C)C)cc1. The number of ether oxygens (including phenoxy) is 1. The molecule has 0 aliphatic heterocycles. The molecule has 2 heteroatoms. The average Bonchev–Trinajstić information content (AvgIpc) is 2.24. The number of benzene rings is 1. The summed E-state index contributed by atoms with van der Waals surface area (Å²) >= 11 is 0. The van der Waals surface area contributed by atoms with Crippen molar-refractivity contribution in [2.45, 2.75) is 34.1 Å². The number of ketones is 1. The third kappa shape index (κ3) is 5.64. The molecule has 0 unspecified atom stereocenters. The van der Waals surface area contributed by atoms with Gasteiger partial charge in [0.25, 0.3) is 0 Å². The molecule has 1 rings (SSSR count). The molecule has 0 saturated carbocycles. The van der Waals surface area contributed by atoms with Gasteiger partial charge in [0.15, 0.2) is 5.78 Å². The lowest BCUT2D eigenvalue weighted by molar-refractivity contribution is 0.0705. The summed E-state index contributed by atoms with van der Waals surface area (Å²) in [6, 6.07) is 7.60. The number of Topliss-reactive ketones (excluding diaryl/α,β-unsaturated/α-hetero) is 1. The number of carbonyl (C=O) groups excluding carboxylic acids is 1. The highest BCUT2D eigenvalue weighted by Crippen LogP contribution is 2.17. The van der Waals surface area contributed by atoms with Crippen LogP contribution >= 0.6 is 0 Å². The highest BCUT2D eigenvalue weighted by Gasteiger charge is 2.10. The molecule has 0 atom stereocenters. The third-order valence-electron chi connectivity index (χ3n) is 2.60. The summed E-state index contributed by atoms with van der Waals surface area (Å²) in [5.41, 5.74) is 2.15. The van der Waals surface area contributed by atoms with Crippen LogP contribution in [0.4, 0.5) is 0 Å². The lowest BCUT2D eigenvalue weighted by atomic mass is 9.93. The lowest BCUT2D eigenvalue weighted by Crippen LogP contribution is -2.14. The molecule has 0 saturated heterocycles. The zero-order chi connectivity index (χ0) is 12.9. The number of hydrogen-bond acceptors (Lipinski definition) is 2. The molecule has 17 heavy (non-hydrogen) atoms. The molecule has 0 fully saturated rings. The molecule has 0 N–H and O–H groups in total. The average molecular weight is 234 g/mol. The van der Waals surface area contributed by atoms with Crippen LogP contribution in [0.15, 0.2) is 24.3 Å². The first-order valence-corrected chi connectivity index (χ1v) is 6.06. The van der Waals surface area contributed by atoms with Crippen LogP contribution in [0.2, 0.25) is 0 Å². The fraction of sp³-hybridized carbons (Fsp3) is 0.533. The first-order valence-electron chi connectivity index (χ1n) is 6.06. The van der Waals surface area contributed by atoms with Crippen LogP contribution in [0.5, 0.6) is 0 Å². The summed E-state index contributed by atoms with van der Waals surface area (Å²) in [7, 11) is 0. The summed E-state index contributed by atoms with van der Waals surface area (Å²) < 4.78 is 5.41. The van der Waals surface area contributed by atoms with E-state index in [1.165, 1.54) is 0 Å². The minimum absolute atomic E-state index is 0.0545. The zero-order valence-electron chi connectivity index (χ0n) is 11.2. The van der Waals surface area contributed by atoms with E-state index in [4.69, 9.17) is 4.74 Å². The van der Waals surface area contributed by atoms with Gasteiger partial charge in [0, 0.05) is 12.2 Å². The van der Waals surface area contributed by atoms with Gasteiger partial charge in [-0.25, -0.2) is 0 Å². The standard InChI is InChI=1S/C15H22O2/c1-12-5-7-13(8-6-12)14(16)11-17-10-9-15(2,3)4/h5-8H,9-11H2,1-4H3. The third-order valence-corrected chi connectivity index (χ3v) is 2.60. The molecule has 0 aliphatic carbocycles. The van der Waals surface area contributed by atoms with Crippen molar-refractivity contribution in [3.63, 3.8) is 0 Å². The van der Waals surface area contributed by atoms with Crippen LogP contribution in [-0.2, 0) is 4.74 Å². The van der Waals surface area contributed by atoms with Gasteiger partial charge in [-0.05, 0) is 18.8 Å². The quantitative estimate of drug-likeness (QED) is 0.574. The van der Waals surface area contributed by atoms with E-state index < -0.39 is 0 Å². The minimum atomic E-state index is 0.0545. The Hall–Kier alpha value is -1.15. The predicted octanol–water partition coefficient (Wildman–Crippen LogP) is 3.63. The van der Waals surface area contributed by atoms with Crippen molar-refractivity contribution in [3.05, 3.63) is 35.4 Å². The van der Waals surface area contributed by atoms with Gasteiger partial charge in [0.2, 0.25) is 0 Å². The second-order valence-corrected chi connectivity index (χ2v) is 5.65. The number of carbonyl (C=O) groups is 1. The Morgan fingerprint density at radius 2 is 1.76 bits per heavy atom. The van der Waals surface area contributed by atoms with Crippen molar-refractivity contribution in [1.29, 1.82) is 0 Å². The number of hydrogen-bond donors (Lipinski definition) is 0. The highest BCUT2D eigenvalue weighted by molar-refractivity contribution is 5.97. The minimum Gasteiger partial charge on any atom is -0.373 e. The van der Waals surface area contributed by atoms with E-state index >= 15 is 0 Å². The van der Waals surface area contributed by atoms with Crippen LogP contribution in [0, 0.1) is 12.3 Å². The molecule has 0 spiro atoms. The molecule has 0 aliphatic rings. The summed E-state index contributed by atoms with van der Waals surface area (Å²) in [6.07, 6.45) is 0.966. The van der Waals surface area contributed by atoms with Gasteiger partial charge in [-0.3, -0.25) is 4.79 Å². The molecule has 1 aromatic carbocycles. The van der Waals surface area contributed by atoms with Gasteiger partial charge in [0.05, 0.1) is 0 Å². The van der Waals surface area contributed by atoms with E-state index in [1.54, 1.807) is 0 Å². The van der Waals surface area contributed by atoms with E-state index in [1.807, 2.05) is 31.2 Å². The summed E-state index contributed by atoms with van der Waals surface area (Å²) in [6.45, 7) is 9.32. The van der Waals surface area contributed by atoms with Gasteiger partial charge < -0.3 is 4.74 Å². The first kappa shape index (κ1) is 13.9. The highest BCUT2D eigenvalue weighted by atomic mass is 16.5. The van der Waals surface area contributed by atoms with Crippen LogP contribution in [0.1, 0.15) is 43.1 Å². The monoisotopic (exact) mass is 234 g/mol. The van der Waals surface area contributed by atoms with Crippen LogP contribution in [-0.4, -0.2) is 19.0 Å².